The molecule has 0 amide bonds. The highest BCUT2D eigenvalue weighted by atomic mass is 32.1. The van der Waals surface area contributed by atoms with Gasteiger partial charge in [-0.1, -0.05) is 18.2 Å². The van der Waals surface area contributed by atoms with Gasteiger partial charge in [0.1, 0.15) is 23.1 Å². The van der Waals surface area contributed by atoms with Crippen LogP contribution in [0.4, 0.5) is 13.2 Å². The van der Waals surface area contributed by atoms with E-state index < -0.39 is 24.3 Å². The van der Waals surface area contributed by atoms with Crippen molar-refractivity contribution in [3.05, 3.63) is 75.4 Å². The quantitative estimate of drug-likeness (QED) is 0.282. The van der Waals surface area contributed by atoms with Gasteiger partial charge < -0.3 is 14.6 Å². The van der Waals surface area contributed by atoms with Crippen molar-refractivity contribution in [2.75, 3.05) is 6.61 Å². The van der Waals surface area contributed by atoms with Gasteiger partial charge in [-0.15, -0.1) is 22.7 Å². The summed E-state index contributed by atoms with van der Waals surface area (Å²) in [6, 6.07) is 12.2. The molecule has 0 aliphatic carbocycles. The standard InChI is InChI=1S/C24H18F3NO4S2/c1-14-9-20(17(21-3-2-8-33-21)10-19(14)32-12-23(29)30)31-11-22-28-18(13-34-22)15-4-6-16(7-5-15)24(25,26)27/h2-10,13H,11-12H2,1H3,(H,29,30). The number of halogens is 3. The fourth-order valence-electron chi connectivity index (χ4n) is 3.18. The first-order chi connectivity index (χ1) is 16.2. The lowest BCUT2D eigenvalue weighted by Crippen LogP contribution is -2.10. The maximum absolute atomic E-state index is 12.8. The zero-order chi connectivity index (χ0) is 24.3. The van der Waals surface area contributed by atoms with E-state index in [0.29, 0.717) is 27.8 Å². The van der Waals surface area contributed by atoms with Crippen LogP contribution in [0.25, 0.3) is 21.7 Å². The second-order valence-electron chi connectivity index (χ2n) is 7.26. The molecule has 0 aliphatic heterocycles. The second kappa shape index (κ2) is 9.86. The van der Waals surface area contributed by atoms with E-state index in [9.17, 15) is 18.0 Å². The summed E-state index contributed by atoms with van der Waals surface area (Å²) in [4.78, 5) is 16.3. The van der Waals surface area contributed by atoms with Crippen LogP contribution in [-0.4, -0.2) is 22.7 Å². The number of ether oxygens (including phenoxy) is 2. The zero-order valence-electron chi connectivity index (χ0n) is 17.8. The highest BCUT2D eigenvalue weighted by Crippen LogP contribution is 2.39. The van der Waals surface area contributed by atoms with E-state index in [0.717, 1.165) is 28.1 Å². The summed E-state index contributed by atoms with van der Waals surface area (Å²) in [5.74, 6) is -0.0177. The Kier molecular flexibility index (Phi) is 6.90. The Morgan fingerprint density at radius 1 is 1.06 bits per heavy atom. The number of carboxylic acids is 1. The van der Waals surface area contributed by atoms with Gasteiger partial charge in [0, 0.05) is 21.4 Å². The number of thiazole rings is 1. The topological polar surface area (TPSA) is 68.7 Å². The van der Waals surface area contributed by atoms with Crippen LogP contribution in [0.1, 0.15) is 16.1 Å². The third-order valence-corrected chi connectivity index (χ3v) is 6.55. The van der Waals surface area contributed by atoms with Gasteiger partial charge in [0.15, 0.2) is 6.61 Å². The third-order valence-electron chi connectivity index (χ3n) is 4.83. The summed E-state index contributed by atoms with van der Waals surface area (Å²) in [5, 5.41) is 13.3. The minimum atomic E-state index is -4.38. The average molecular weight is 506 g/mol. The monoisotopic (exact) mass is 505 g/mol. The van der Waals surface area contributed by atoms with Gasteiger partial charge >= 0.3 is 12.1 Å². The Morgan fingerprint density at radius 3 is 2.47 bits per heavy atom. The van der Waals surface area contributed by atoms with Gasteiger partial charge in [-0.3, -0.25) is 0 Å². The van der Waals surface area contributed by atoms with E-state index >= 15 is 0 Å². The molecule has 0 unspecified atom stereocenters. The molecule has 4 rings (SSSR count). The van der Waals surface area contributed by atoms with Crippen molar-refractivity contribution in [1.82, 2.24) is 4.98 Å². The fraction of sp³-hybridized carbons (Fsp3) is 0.167. The lowest BCUT2D eigenvalue weighted by molar-refractivity contribution is -0.139. The number of benzene rings is 2. The van der Waals surface area contributed by atoms with E-state index in [1.165, 1.54) is 34.8 Å². The number of carboxylic acid groups (broad SMARTS) is 1. The van der Waals surface area contributed by atoms with E-state index in [-0.39, 0.29) is 6.61 Å². The molecule has 10 heteroatoms. The number of alkyl halides is 3. The van der Waals surface area contributed by atoms with Crippen LogP contribution < -0.4 is 9.47 Å². The van der Waals surface area contributed by atoms with Crippen LogP contribution in [0.5, 0.6) is 11.5 Å². The molecule has 4 aromatic rings. The van der Waals surface area contributed by atoms with Gasteiger partial charge in [0.2, 0.25) is 0 Å². The van der Waals surface area contributed by atoms with E-state index in [1.54, 1.807) is 24.4 Å². The molecule has 0 saturated carbocycles. The minimum Gasteiger partial charge on any atom is -0.486 e. The highest BCUT2D eigenvalue weighted by Gasteiger charge is 2.30. The molecule has 2 aromatic carbocycles. The Labute approximate surface area is 201 Å². The van der Waals surface area contributed by atoms with Crippen molar-refractivity contribution >= 4 is 28.6 Å². The van der Waals surface area contributed by atoms with Gasteiger partial charge in [-0.25, -0.2) is 9.78 Å². The number of carbonyl (C=O) groups is 1. The molecule has 0 fully saturated rings. The summed E-state index contributed by atoms with van der Waals surface area (Å²) in [5.41, 5.74) is 1.94. The van der Waals surface area contributed by atoms with Gasteiger partial charge in [0.25, 0.3) is 0 Å². The Morgan fingerprint density at radius 2 is 1.82 bits per heavy atom. The largest absolute Gasteiger partial charge is 0.486 e. The van der Waals surface area contributed by atoms with Crippen molar-refractivity contribution in [2.45, 2.75) is 19.7 Å². The molecule has 0 bridgehead atoms. The molecule has 176 valence electrons. The predicted molar refractivity (Wildman–Crippen MR) is 125 cm³/mol. The SMILES string of the molecule is Cc1cc(OCc2nc(-c3ccc(C(F)(F)F)cc3)cs2)c(-c2cccs2)cc1OCC(=O)O. The summed E-state index contributed by atoms with van der Waals surface area (Å²) in [6.07, 6.45) is -4.38. The smallest absolute Gasteiger partial charge is 0.416 e. The highest BCUT2D eigenvalue weighted by molar-refractivity contribution is 7.13. The Bertz CT molecular complexity index is 1280. The molecule has 5 nitrogen and oxygen atoms in total. The van der Waals surface area contributed by atoms with E-state index in [2.05, 4.69) is 4.98 Å². The molecular weight excluding hydrogens is 487 g/mol. The molecule has 2 heterocycles. The molecule has 34 heavy (non-hydrogen) atoms. The first-order valence-electron chi connectivity index (χ1n) is 9.98. The summed E-state index contributed by atoms with van der Waals surface area (Å²) in [6.45, 7) is 1.52. The zero-order valence-corrected chi connectivity index (χ0v) is 19.4. The number of thiophene rings is 1. The number of rotatable bonds is 8. The van der Waals surface area contributed by atoms with Crippen molar-refractivity contribution < 1.29 is 32.5 Å². The summed E-state index contributed by atoms with van der Waals surface area (Å²) < 4.78 is 49.8. The maximum atomic E-state index is 12.8. The van der Waals surface area contributed by atoms with Crippen LogP contribution in [0.15, 0.2) is 59.3 Å². The van der Waals surface area contributed by atoms with Crippen molar-refractivity contribution in [1.29, 1.82) is 0 Å². The molecule has 0 spiro atoms. The lowest BCUT2D eigenvalue weighted by Gasteiger charge is -2.14. The molecule has 0 saturated heterocycles. The third kappa shape index (κ3) is 5.57. The first-order valence-corrected chi connectivity index (χ1v) is 11.7. The van der Waals surface area contributed by atoms with Gasteiger partial charge in [-0.2, -0.15) is 13.2 Å². The van der Waals surface area contributed by atoms with Crippen LogP contribution in [0, 0.1) is 6.92 Å². The van der Waals surface area contributed by atoms with Crippen LogP contribution in [0.3, 0.4) is 0 Å². The fourth-order valence-corrected chi connectivity index (χ4v) is 4.64. The molecule has 0 atom stereocenters. The first kappa shape index (κ1) is 23.8. The Balaban J connectivity index is 1.53. The van der Waals surface area contributed by atoms with Crippen LogP contribution >= 0.6 is 22.7 Å². The molecular formula is C24H18F3NO4S2. The summed E-state index contributed by atoms with van der Waals surface area (Å²) in [7, 11) is 0. The van der Waals surface area contributed by atoms with Crippen molar-refractivity contribution in [2.24, 2.45) is 0 Å². The number of hydrogen-bond acceptors (Lipinski definition) is 6. The van der Waals surface area contributed by atoms with Gasteiger partial charge in [-0.05, 0) is 48.2 Å². The molecule has 2 aromatic heterocycles. The number of aryl methyl sites for hydroxylation is 1. The molecule has 0 radical (unpaired) electrons. The van der Waals surface area contributed by atoms with Crippen molar-refractivity contribution in [3.63, 3.8) is 0 Å². The number of hydrogen-bond donors (Lipinski definition) is 1. The lowest BCUT2D eigenvalue weighted by atomic mass is 10.1. The maximum Gasteiger partial charge on any atom is 0.416 e. The summed E-state index contributed by atoms with van der Waals surface area (Å²) >= 11 is 2.86. The number of aliphatic carboxylic acids is 1. The molecule has 0 aliphatic rings. The van der Waals surface area contributed by atoms with Crippen molar-refractivity contribution in [3.8, 4) is 33.2 Å². The average Bonchev–Trinajstić information content (AvgIpc) is 3.49. The Hall–Kier alpha value is -3.37. The van der Waals surface area contributed by atoms with Gasteiger partial charge in [0.05, 0.1) is 11.3 Å². The number of nitrogens with zero attached hydrogens (tertiary/aromatic N) is 1. The normalized spacial score (nSPS) is 11.4. The molecule has 1 N–H and O–H groups in total. The second-order valence-corrected chi connectivity index (χ2v) is 9.15. The minimum absolute atomic E-state index is 0.165. The number of aromatic nitrogens is 1. The van der Waals surface area contributed by atoms with E-state index in [1.807, 2.05) is 17.5 Å². The van der Waals surface area contributed by atoms with Crippen LogP contribution in [-0.2, 0) is 17.6 Å². The van der Waals surface area contributed by atoms with E-state index in [4.69, 9.17) is 14.6 Å². The van der Waals surface area contributed by atoms with Crippen LogP contribution in [0.2, 0.25) is 0 Å². The predicted octanol–water partition coefficient (Wildman–Crippen LogP) is 6.91.